The standard InChI is InChI=1S/C13H15N3OS2/c1-8-7-16(5-6-18-8)13(17)12-10(14)11-9(19-12)3-2-4-15-11/h2-4,8H,5-7,14H2,1H3. The predicted octanol–water partition coefficient (Wildman–Crippen LogP) is 2.46. The number of thiophene rings is 1. The van der Waals surface area contributed by atoms with Crippen LogP contribution in [0, 0.1) is 0 Å². The first-order chi connectivity index (χ1) is 9.16. The van der Waals surface area contributed by atoms with Crippen LogP contribution in [0.1, 0.15) is 16.6 Å². The van der Waals surface area contributed by atoms with E-state index in [2.05, 4.69) is 11.9 Å². The fourth-order valence-electron chi connectivity index (χ4n) is 2.25. The molecule has 1 aliphatic heterocycles. The largest absolute Gasteiger partial charge is 0.396 e. The average Bonchev–Trinajstić information content (AvgIpc) is 2.76. The van der Waals surface area contributed by atoms with E-state index in [0.717, 1.165) is 29.1 Å². The molecule has 1 saturated heterocycles. The van der Waals surface area contributed by atoms with E-state index in [-0.39, 0.29) is 5.91 Å². The molecule has 1 fully saturated rings. The molecule has 0 spiro atoms. The average molecular weight is 293 g/mol. The molecule has 0 radical (unpaired) electrons. The first kappa shape index (κ1) is 12.7. The lowest BCUT2D eigenvalue weighted by molar-refractivity contribution is 0.0769. The number of pyridine rings is 1. The number of carbonyl (C=O) groups excluding carboxylic acids is 1. The fraction of sp³-hybridized carbons (Fsp3) is 0.385. The number of rotatable bonds is 1. The van der Waals surface area contributed by atoms with Gasteiger partial charge < -0.3 is 10.6 Å². The Morgan fingerprint density at radius 2 is 2.42 bits per heavy atom. The molecule has 1 amide bonds. The molecule has 0 saturated carbocycles. The van der Waals surface area contributed by atoms with Crippen molar-refractivity contribution in [3.05, 3.63) is 23.2 Å². The summed E-state index contributed by atoms with van der Waals surface area (Å²) in [5.41, 5.74) is 7.35. The summed E-state index contributed by atoms with van der Waals surface area (Å²) < 4.78 is 0.975. The fourth-order valence-corrected chi connectivity index (χ4v) is 4.32. The van der Waals surface area contributed by atoms with Crippen LogP contribution in [0.4, 0.5) is 5.69 Å². The molecule has 1 atom stereocenters. The zero-order valence-corrected chi connectivity index (χ0v) is 12.3. The number of anilines is 1. The third-order valence-electron chi connectivity index (χ3n) is 3.20. The van der Waals surface area contributed by atoms with Gasteiger partial charge in [-0.15, -0.1) is 11.3 Å². The highest BCUT2D eigenvalue weighted by molar-refractivity contribution is 7.99. The smallest absolute Gasteiger partial charge is 0.266 e. The van der Waals surface area contributed by atoms with Gasteiger partial charge in [0.15, 0.2) is 0 Å². The first-order valence-corrected chi connectivity index (χ1v) is 8.07. The molecule has 0 aliphatic carbocycles. The van der Waals surface area contributed by atoms with Gasteiger partial charge in [-0.1, -0.05) is 6.92 Å². The van der Waals surface area contributed by atoms with Gasteiger partial charge in [0, 0.05) is 30.3 Å². The molecular formula is C13H15N3OS2. The Labute approximate surface area is 120 Å². The highest BCUT2D eigenvalue weighted by Crippen LogP contribution is 2.33. The summed E-state index contributed by atoms with van der Waals surface area (Å²) >= 11 is 3.35. The van der Waals surface area contributed by atoms with Crippen LogP contribution < -0.4 is 5.73 Å². The maximum absolute atomic E-state index is 12.6. The monoisotopic (exact) mass is 293 g/mol. The maximum Gasteiger partial charge on any atom is 0.266 e. The molecule has 100 valence electrons. The molecule has 0 aromatic carbocycles. The summed E-state index contributed by atoms with van der Waals surface area (Å²) in [6, 6.07) is 3.82. The minimum atomic E-state index is 0.0488. The third-order valence-corrected chi connectivity index (χ3v) is 5.49. The van der Waals surface area contributed by atoms with Gasteiger partial charge in [0.05, 0.1) is 10.4 Å². The van der Waals surface area contributed by atoms with E-state index in [4.69, 9.17) is 5.73 Å². The van der Waals surface area contributed by atoms with Crippen molar-refractivity contribution < 1.29 is 4.79 Å². The van der Waals surface area contributed by atoms with Crippen molar-refractivity contribution in [3.8, 4) is 0 Å². The number of carbonyl (C=O) groups is 1. The molecule has 1 aliphatic rings. The van der Waals surface area contributed by atoms with E-state index in [0.29, 0.717) is 15.8 Å². The van der Waals surface area contributed by atoms with E-state index in [1.807, 2.05) is 28.8 Å². The van der Waals surface area contributed by atoms with Gasteiger partial charge in [-0.2, -0.15) is 11.8 Å². The van der Waals surface area contributed by atoms with Gasteiger partial charge in [-0.05, 0) is 12.1 Å². The second-order valence-electron chi connectivity index (χ2n) is 4.63. The van der Waals surface area contributed by atoms with Gasteiger partial charge in [-0.3, -0.25) is 9.78 Å². The minimum absolute atomic E-state index is 0.0488. The summed E-state index contributed by atoms with van der Waals surface area (Å²) in [5.74, 6) is 1.04. The Bertz CT molecular complexity index is 625. The summed E-state index contributed by atoms with van der Waals surface area (Å²) in [4.78, 5) is 19.3. The molecule has 2 aromatic heterocycles. The summed E-state index contributed by atoms with van der Waals surface area (Å²) in [7, 11) is 0. The minimum Gasteiger partial charge on any atom is -0.396 e. The Kier molecular flexibility index (Phi) is 3.36. The van der Waals surface area contributed by atoms with Crippen LogP contribution >= 0.6 is 23.1 Å². The second kappa shape index (κ2) is 5.02. The Morgan fingerprint density at radius 1 is 1.58 bits per heavy atom. The molecule has 2 N–H and O–H groups in total. The lowest BCUT2D eigenvalue weighted by atomic mass is 10.3. The van der Waals surface area contributed by atoms with Crippen molar-refractivity contribution >= 4 is 44.9 Å². The zero-order valence-electron chi connectivity index (χ0n) is 10.6. The van der Waals surface area contributed by atoms with Crippen LogP contribution in [0.2, 0.25) is 0 Å². The second-order valence-corrected chi connectivity index (χ2v) is 7.23. The normalized spacial score (nSPS) is 19.8. The van der Waals surface area contributed by atoms with Gasteiger partial charge in [0.2, 0.25) is 0 Å². The summed E-state index contributed by atoms with van der Waals surface area (Å²) in [5, 5.41) is 0.492. The topological polar surface area (TPSA) is 59.2 Å². The van der Waals surface area contributed by atoms with Crippen molar-refractivity contribution in [1.29, 1.82) is 0 Å². The number of hydrogen-bond donors (Lipinski definition) is 1. The molecule has 2 aromatic rings. The summed E-state index contributed by atoms with van der Waals surface area (Å²) in [6.45, 7) is 3.75. The highest BCUT2D eigenvalue weighted by atomic mass is 32.2. The van der Waals surface area contributed by atoms with Crippen LogP contribution in [0.15, 0.2) is 18.3 Å². The number of aromatic nitrogens is 1. The van der Waals surface area contributed by atoms with Crippen molar-refractivity contribution in [1.82, 2.24) is 9.88 Å². The predicted molar refractivity (Wildman–Crippen MR) is 81.9 cm³/mol. The third kappa shape index (κ3) is 2.30. The number of fused-ring (bicyclic) bond motifs is 1. The molecule has 1 unspecified atom stereocenters. The lowest BCUT2D eigenvalue weighted by Gasteiger charge is -2.30. The number of thioether (sulfide) groups is 1. The van der Waals surface area contributed by atoms with Crippen LogP contribution in [-0.4, -0.2) is 39.9 Å². The lowest BCUT2D eigenvalue weighted by Crippen LogP contribution is -2.40. The molecule has 4 nitrogen and oxygen atoms in total. The maximum atomic E-state index is 12.6. The van der Waals surface area contributed by atoms with Crippen molar-refractivity contribution in [3.63, 3.8) is 0 Å². The molecule has 0 bridgehead atoms. The van der Waals surface area contributed by atoms with Gasteiger partial charge in [0.25, 0.3) is 5.91 Å². The van der Waals surface area contributed by atoms with E-state index in [1.54, 1.807) is 6.20 Å². The van der Waals surface area contributed by atoms with E-state index in [9.17, 15) is 4.79 Å². The zero-order chi connectivity index (χ0) is 13.4. The van der Waals surface area contributed by atoms with Crippen LogP contribution in [0.25, 0.3) is 10.2 Å². The number of nitrogens with two attached hydrogens (primary N) is 1. The molecule has 19 heavy (non-hydrogen) atoms. The molecule has 6 heteroatoms. The van der Waals surface area contributed by atoms with Crippen LogP contribution in [-0.2, 0) is 0 Å². The molecular weight excluding hydrogens is 278 g/mol. The van der Waals surface area contributed by atoms with Gasteiger partial charge in [0.1, 0.15) is 10.4 Å². The van der Waals surface area contributed by atoms with Gasteiger partial charge >= 0.3 is 0 Å². The van der Waals surface area contributed by atoms with Crippen molar-refractivity contribution in [2.45, 2.75) is 12.2 Å². The van der Waals surface area contributed by atoms with E-state index >= 15 is 0 Å². The van der Waals surface area contributed by atoms with Gasteiger partial charge in [-0.25, -0.2) is 0 Å². The quantitative estimate of drug-likeness (QED) is 0.877. The van der Waals surface area contributed by atoms with Crippen molar-refractivity contribution in [2.24, 2.45) is 0 Å². The van der Waals surface area contributed by atoms with E-state index in [1.165, 1.54) is 11.3 Å². The van der Waals surface area contributed by atoms with Crippen molar-refractivity contribution in [2.75, 3.05) is 24.6 Å². The number of nitrogen functional groups attached to an aromatic ring is 1. The number of amides is 1. The molecule has 3 heterocycles. The molecule has 3 rings (SSSR count). The van der Waals surface area contributed by atoms with Crippen LogP contribution in [0.5, 0.6) is 0 Å². The first-order valence-electron chi connectivity index (χ1n) is 6.20. The summed E-state index contributed by atoms with van der Waals surface area (Å²) in [6.07, 6.45) is 1.71. The number of hydrogen-bond acceptors (Lipinski definition) is 5. The Morgan fingerprint density at radius 3 is 3.16 bits per heavy atom. The highest BCUT2D eigenvalue weighted by Gasteiger charge is 2.26. The Hall–Kier alpha value is -1.27. The number of nitrogens with zero attached hydrogens (tertiary/aromatic N) is 2. The van der Waals surface area contributed by atoms with Crippen LogP contribution in [0.3, 0.4) is 0 Å². The Balaban J connectivity index is 1.95. The van der Waals surface area contributed by atoms with E-state index < -0.39 is 0 Å². The SMILES string of the molecule is CC1CN(C(=O)c2sc3cccnc3c2N)CCS1.